The number of benzene rings is 1. The van der Waals surface area contributed by atoms with Crippen LogP contribution in [-0.2, 0) is 4.79 Å². The molecule has 1 fully saturated rings. The van der Waals surface area contributed by atoms with E-state index in [1.165, 1.54) is 12.1 Å². The van der Waals surface area contributed by atoms with Gasteiger partial charge in [0.2, 0.25) is 5.91 Å². The molecule has 0 saturated carbocycles. The fourth-order valence-corrected chi connectivity index (χ4v) is 2.58. The van der Waals surface area contributed by atoms with Crippen LogP contribution in [0.3, 0.4) is 0 Å². The largest absolute Gasteiger partial charge is 0.325 e. The Kier molecular flexibility index (Phi) is 4.17. The van der Waals surface area contributed by atoms with Crippen molar-refractivity contribution in [2.75, 3.05) is 25.0 Å². The zero-order valence-electron chi connectivity index (χ0n) is 11.2. The van der Waals surface area contributed by atoms with Gasteiger partial charge in [-0.2, -0.15) is 0 Å². The summed E-state index contributed by atoms with van der Waals surface area (Å²) in [5.74, 6) is -0.491. The average Bonchev–Trinajstić information content (AvgIpc) is 2.27. The van der Waals surface area contributed by atoms with Gasteiger partial charge in [-0.15, -0.1) is 0 Å². The summed E-state index contributed by atoms with van der Waals surface area (Å²) in [6.45, 7) is 3.90. The van der Waals surface area contributed by atoms with Gasteiger partial charge < -0.3 is 11.1 Å². The molecular formula is C14H20FN3O. The number of nitrogens with two attached hydrogens (primary N) is 1. The van der Waals surface area contributed by atoms with Gasteiger partial charge in [-0.3, -0.25) is 9.69 Å². The Hall–Kier alpha value is -1.46. The molecule has 19 heavy (non-hydrogen) atoms. The average molecular weight is 265 g/mol. The van der Waals surface area contributed by atoms with Gasteiger partial charge in [0.15, 0.2) is 0 Å². The van der Waals surface area contributed by atoms with Gasteiger partial charge in [-0.25, -0.2) is 4.39 Å². The molecule has 1 amide bonds. The Balaban J connectivity index is 1.77. The van der Waals surface area contributed by atoms with Crippen molar-refractivity contribution in [3.8, 4) is 0 Å². The van der Waals surface area contributed by atoms with Crippen LogP contribution in [0.1, 0.15) is 19.8 Å². The van der Waals surface area contributed by atoms with Crippen molar-refractivity contribution in [3.63, 3.8) is 0 Å². The topological polar surface area (TPSA) is 58.4 Å². The molecule has 0 bridgehead atoms. The number of carbonyl (C=O) groups is 1. The van der Waals surface area contributed by atoms with Crippen LogP contribution >= 0.6 is 0 Å². The van der Waals surface area contributed by atoms with Crippen LogP contribution in [0.4, 0.5) is 10.1 Å². The van der Waals surface area contributed by atoms with Crippen molar-refractivity contribution >= 4 is 11.6 Å². The molecule has 2 rings (SSSR count). The fraction of sp³-hybridized carbons (Fsp3) is 0.500. The first kappa shape index (κ1) is 14.0. The Labute approximate surface area is 112 Å². The molecule has 1 heterocycles. The van der Waals surface area contributed by atoms with Crippen molar-refractivity contribution in [1.82, 2.24) is 4.90 Å². The first-order chi connectivity index (χ1) is 9.00. The highest BCUT2D eigenvalue weighted by atomic mass is 19.1. The zero-order valence-corrected chi connectivity index (χ0v) is 11.2. The molecule has 0 atom stereocenters. The van der Waals surface area contributed by atoms with Crippen LogP contribution in [0, 0.1) is 5.82 Å². The number of carbonyl (C=O) groups excluding carboxylic acids is 1. The maximum atomic E-state index is 13.0. The van der Waals surface area contributed by atoms with Crippen LogP contribution in [0.5, 0.6) is 0 Å². The monoisotopic (exact) mass is 265 g/mol. The van der Waals surface area contributed by atoms with E-state index < -0.39 is 0 Å². The molecule has 1 aromatic carbocycles. The maximum absolute atomic E-state index is 13.0. The molecule has 5 heteroatoms. The highest BCUT2D eigenvalue weighted by Gasteiger charge is 2.38. The van der Waals surface area contributed by atoms with Gasteiger partial charge in [-0.05, 0) is 24.6 Å². The maximum Gasteiger partial charge on any atom is 0.238 e. The number of hydrogen-bond acceptors (Lipinski definition) is 3. The lowest BCUT2D eigenvalue weighted by molar-refractivity contribution is -0.119. The van der Waals surface area contributed by atoms with Crippen molar-refractivity contribution in [2.45, 2.75) is 25.3 Å². The second-order valence-corrected chi connectivity index (χ2v) is 5.32. The summed E-state index contributed by atoms with van der Waals surface area (Å²) in [5.41, 5.74) is 6.48. The lowest BCUT2D eigenvalue weighted by atomic mass is 9.86. The molecule has 0 spiro atoms. The quantitative estimate of drug-likeness (QED) is 0.849. The van der Waals surface area contributed by atoms with Crippen LogP contribution in [0.2, 0.25) is 0 Å². The van der Waals surface area contributed by atoms with Gasteiger partial charge in [0.25, 0.3) is 0 Å². The van der Waals surface area contributed by atoms with Crippen LogP contribution < -0.4 is 11.1 Å². The Bertz CT molecular complexity index is 458. The molecular weight excluding hydrogens is 245 g/mol. The fourth-order valence-electron chi connectivity index (χ4n) is 2.58. The number of amides is 1. The molecule has 1 saturated heterocycles. The van der Waals surface area contributed by atoms with Gasteiger partial charge in [0, 0.05) is 24.3 Å². The summed E-state index contributed by atoms with van der Waals surface area (Å²) in [6.07, 6.45) is 2.04. The first-order valence-corrected chi connectivity index (χ1v) is 6.57. The van der Waals surface area contributed by atoms with Crippen molar-refractivity contribution < 1.29 is 9.18 Å². The molecule has 0 radical (unpaired) electrons. The minimum absolute atomic E-state index is 0.131. The summed E-state index contributed by atoms with van der Waals surface area (Å²) in [6, 6.07) is 5.89. The SMILES string of the molecule is CCCC1(N)CN(CC(=O)Nc2cccc(F)c2)C1. The number of halogens is 1. The highest BCUT2D eigenvalue weighted by Crippen LogP contribution is 2.22. The molecule has 0 unspecified atom stereocenters. The predicted molar refractivity (Wildman–Crippen MR) is 73.3 cm³/mol. The van der Waals surface area contributed by atoms with E-state index in [-0.39, 0.29) is 17.3 Å². The second-order valence-electron chi connectivity index (χ2n) is 5.32. The number of likely N-dealkylation sites (tertiary alicyclic amines) is 1. The molecule has 1 aromatic rings. The molecule has 3 N–H and O–H groups in total. The molecule has 104 valence electrons. The van der Waals surface area contributed by atoms with E-state index in [2.05, 4.69) is 12.2 Å². The second kappa shape index (κ2) is 5.67. The van der Waals surface area contributed by atoms with E-state index >= 15 is 0 Å². The smallest absolute Gasteiger partial charge is 0.238 e. The molecule has 1 aliphatic heterocycles. The molecule has 1 aliphatic rings. The Morgan fingerprint density at radius 2 is 2.26 bits per heavy atom. The van der Waals surface area contributed by atoms with Gasteiger partial charge >= 0.3 is 0 Å². The molecule has 0 aromatic heterocycles. The number of nitrogens with one attached hydrogen (secondary N) is 1. The van der Waals surface area contributed by atoms with E-state index in [9.17, 15) is 9.18 Å². The Morgan fingerprint density at radius 3 is 2.89 bits per heavy atom. The number of nitrogens with zero attached hydrogens (tertiary/aromatic N) is 1. The third-order valence-electron chi connectivity index (χ3n) is 3.30. The minimum atomic E-state index is -0.356. The van der Waals surface area contributed by atoms with Crippen molar-refractivity contribution in [1.29, 1.82) is 0 Å². The summed E-state index contributed by atoms with van der Waals surface area (Å²) >= 11 is 0. The lowest BCUT2D eigenvalue weighted by Gasteiger charge is -2.47. The van der Waals surface area contributed by atoms with E-state index in [4.69, 9.17) is 5.73 Å². The van der Waals surface area contributed by atoms with Gasteiger partial charge in [0.05, 0.1) is 6.54 Å². The Morgan fingerprint density at radius 1 is 1.53 bits per heavy atom. The number of hydrogen-bond donors (Lipinski definition) is 2. The number of rotatable bonds is 5. The molecule has 0 aliphatic carbocycles. The van der Waals surface area contributed by atoms with E-state index in [0.29, 0.717) is 12.2 Å². The molecule has 4 nitrogen and oxygen atoms in total. The summed E-state index contributed by atoms with van der Waals surface area (Å²) in [5, 5.41) is 2.68. The first-order valence-electron chi connectivity index (χ1n) is 6.57. The van der Waals surface area contributed by atoms with Gasteiger partial charge in [-0.1, -0.05) is 19.4 Å². The predicted octanol–water partition coefficient (Wildman–Crippen LogP) is 1.58. The summed E-state index contributed by atoms with van der Waals surface area (Å²) in [7, 11) is 0. The third kappa shape index (κ3) is 3.75. The van der Waals surface area contributed by atoms with Crippen LogP contribution in [0.15, 0.2) is 24.3 Å². The zero-order chi connectivity index (χ0) is 13.9. The minimum Gasteiger partial charge on any atom is -0.325 e. The highest BCUT2D eigenvalue weighted by molar-refractivity contribution is 5.92. The summed E-state index contributed by atoms with van der Waals surface area (Å²) < 4.78 is 13.0. The van der Waals surface area contributed by atoms with Crippen LogP contribution in [-0.4, -0.2) is 36.0 Å². The van der Waals surface area contributed by atoms with Crippen molar-refractivity contribution in [3.05, 3.63) is 30.1 Å². The standard InChI is InChI=1S/C14H20FN3O/c1-2-6-14(16)9-18(10-14)8-13(19)17-12-5-3-4-11(15)7-12/h3-5,7H,2,6,8-10,16H2,1H3,(H,17,19). The van der Waals surface area contributed by atoms with E-state index in [0.717, 1.165) is 25.9 Å². The van der Waals surface area contributed by atoms with Crippen molar-refractivity contribution in [2.24, 2.45) is 5.73 Å². The van der Waals surface area contributed by atoms with Gasteiger partial charge in [0.1, 0.15) is 5.82 Å². The number of anilines is 1. The van der Waals surface area contributed by atoms with E-state index in [1.54, 1.807) is 12.1 Å². The third-order valence-corrected chi connectivity index (χ3v) is 3.30. The summed E-state index contributed by atoms with van der Waals surface area (Å²) in [4.78, 5) is 13.8. The van der Waals surface area contributed by atoms with Crippen LogP contribution in [0.25, 0.3) is 0 Å². The lowest BCUT2D eigenvalue weighted by Crippen LogP contribution is -2.68. The van der Waals surface area contributed by atoms with E-state index in [1.807, 2.05) is 4.90 Å². The normalized spacial score (nSPS) is 17.8.